The van der Waals surface area contributed by atoms with Crippen molar-refractivity contribution in [3.05, 3.63) is 0 Å². The maximum absolute atomic E-state index is 10.4. The molecule has 0 aromatic heterocycles. The van der Waals surface area contributed by atoms with E-state index in [0.717, 1.165) is 25.2 Å². The van der Waals surface area contributed by atoms with Gasteiger partial charge in [0.25, 0.3) is 0 Å². The largest absolute Gasteiger partial charge is 0.469 e. The van der Waals surface area contributed by atoms with E-state index >= 15 is 0 Å². The normalized spacial score (nSPS) is 12.9. The summed E-state index contributed by atoms with van der Waals surface area (Å²) in [5.41, 5.74) is 0. The molecule has 0 spiro atoms. The molecule has 166 valence electrons. The van der Waals surface area contributed by atoms with Gasteiger partial charge in [0.05, 0.1) is 6.61 Å². The Balaban J connectivity index is 0. The van der Waals surface area contributed by atoms with E-state index in [1.54, 1.807) is 0 Å². The maximum Gasteiger partial charge on any atom is 0.469 e. The van der Waals surface area contributed by atoms with Crippen LogP contribution in [0.5, 0.6) is 0 Å². The first-order valence-electron chi connectivity index (χ1n) is 9.21. The summed E-state index contributed by atoms with van der Waals surface area (Å²) in [5.74, 6) is -6.96. The zero-order valence-electron chi connectivity index (χ0n) is 16.2. The highest BCUT2D eigenvalue weighted by molar-refractivity contribution is 7.46. The highest BCUT2D eigenvalue weighted by Gasteiger charge is 2.44. The van der Waals surface area contributed by atoms with E-state index in [4.69, 9.17) is 40.4 Å². The Morgan fingerprint density at radius 3 is 1.33 bits per heavy atom. The second kappa shape index (κ2) is 14.8. The number of rotatable bonds is 14. The van der Waals surface area contributed by atoms with Crippen LogP contribution in [0.1, 0.15) is 78.1 Å². The van der Waals surface area contributed by atoms with Gasteiger partial charge in [-0.3, -0.25) is 4.52 Å². The molecule has 0 aliphatic heterocycles. The lowest BCUT2D eigenvalue weighted by atomic mass is 10.0. The van der Waals surface area contributed by atoms with Crippen molar-refractivity contribution in [1.29, 1.82) is 0 Å². The minimum Gasteiger partial charge on any atom is -0.337 e. The van der Waals surface area contributed by atoms with Crippen molar-refractivity contribution < 1.29 is 49.5 Å². The van der Waals surface area contributed by atoms with E-state index in [-0.39, 0.29) is 6.61 Å². The zero-order chi connectivity index (χ0) is 21.6. The van der Waals surface area contributed by atoms with Gasteiger partial charge in [0, 0.05) is 0 Å². The first kappa shape index (κ1) is 29.1. The van der Waals surface area contributed by atoms with Crippen LogP contribution < -0.4 is 0 Å². The van der Waals surface area contributed by atoms with Gasteiger partial charge in [-0.1, -0.05) is 71.6 Å². The highest BCUT2D eigenvalue weighted by Crippen LogP contribution is 2.35. The van der Waals surface area contributed by atoms with Gasteiger partial charge in [0.1, 0.15) is 0 Å². The molecule has 0 radical (unpaired) electrons. The van der Waals surface area contributed by atoms with Crippen LogP contribution in [0.25, 0.3) is 0 Å². The molecule has 11 heteroatoms. The van der Waals surface area contributed by atoms with Gasteiger partial charge in [0.2, 0.25) is 0 Å². The van der Waals surface area contributed by atoms with E-state index < -0.39 is 19.8 Å². The molecule has 0 saturated heterocycles. The molecule has 0 heterocycles. The van der Waals surface area contributed by atoms with Crippen LogP contribution in [-0.4, -0.2) is 59.0 Å². The van der Waals surface area contributed by atoms with Crippen LogP contribution in [0.3, 0.4) is 0 Å². The van der Waals surface area contributed by atoms with Crippen molar-refractivity contribution >= 4 is 7.82 Å². The standard InChI is InChI=1S/C14H31O4P.C2H6O6/c1-14(2)12-10-8-6-4-3-5-7-9-11-13-18-19(15,16)17;3-1(4,5)2(6,7)8/h14H,3-13H2,1-2H3,(H2,15,16,17);3-8H. The molecule has 0 aliphatic rings. The highest BCUT2D eigenvalue weighted by atomic mass is 31.2. The zero-order valence-corrected chi connectivity index (χ0v) is 17.1. The van der Waals surface area contributed by atoms with E-state index in [1.165, 1.54) is 44.9 Å². The molecular weight excluding hydrogens is 383 g/mol. The fraction of sp³-hybridized carbons (Fsp3) is 1.00. The van der Waals surface area contributed by atoms with Gasteiger partial charge in [-0.2, -0.15) is 0 Å². The lowest BCUT2D eigenvalue weighted by Gasteiger charge is -2.23. The van der Waals surface area contributed by atoms with Gasteiger partial charge >= 0.3 is 19.8 Å². The lowest BCUT2D eigenvalue weighted by molar-refractivity contribution is -0.512. The van der Waals surface area contributed by atoms with E-state index in [1.807, 2.05) is 0 Å². The molecule has 8 N–H and O–H groups in total. The monoisotopic (exact) mass is 420 g/mol. The van der Waals surface area contributed by atoms with Gasteiger partial charge in [0.15, 0.2) is 0 Å². The smallest absolute Gasteiger partial charge is 0.337 e. The number of phosphoric acid groups is 1. The quantitative estimate of drug-likeness (QED) is 0.114. The lowest BCUT2D eigenvalue weighted by Crippen LogP contribution is -2.54. The Labute approximate surface area is 160 Å². The van der Waals surface area contributed by atoms with Crippen molar-refractivity contribution in [2.45, 2.75) is 90.0 Å². The van der Waals surface area contributed by atoms with Crippen LogP contribution in [0.15, 0.2) is 0 Å². The van der Waals surface area contributed by atoms with Gasteiger partial charge in [-0.25, -0.2) is 4.57 Å². The van der Waals surface area contributed by atoms with Gasteiger partial charge in [-0.15, -0.1) is 0 Å². The number of hydrogen-bond donors (Lipinski definition) is 8. The Hall–Kier alpha value is -0.130. The molecule has 0 amide bonds. The minimum absolute atomic E-state index is 0.166. The first-order valence-corrected chi connectivity index (χ1v) is 10.7. The SMILES string of the molecule is CC(C)CCCCCCCCCCCOP(=O)(O)O.OC(O)(O)C(O)(O)O. The molecule has 0 fully saturated rings. The van der Waals surface area contributed by atoms with Crippen molar-refractivity contribution in [2.75, 3.05) is 6.61 Å². The second-order valence-electron chi connectivity index (χ2n) is 6.96. The van der Waals surface area contributed by atoms with Crippen LogP contribution in [0.4, 0.5) is 0 Å². The summed E-state index contributed by atoms with van der Waals surface area (Å²) >= 11 is 0. The number of phosphoric ester groups is 1. The Morgan fingerprint density at radius 2 is 1.04 bits per heavy atom. The second-order valence-corrected chi connectivity index (χ2v) is 8.20. The van der Waals surface area contributed by atoms with E-state index in [2.05, 4.69) is 18.4 Å². The predicted octanol–water partition coefficient (Wildman–Crippen LogP) is 0.901. The van der Waals surface area contributed by atoms with Gasteiger partial charge in [-0.05, 0) is 12.3 Å². The number of unbranched alkanes of at least 4 members (excludes halogenated alkanes) is 8. The molecule has 0 bridgehead atoms. The third-order valence-electron chi connectivity index (χ3n) is 3.64. The van der Waals surface area contributed by atoms with Crippen molar-refractivity contribution in [1.82, 2.24) is 0 Å². The molecule has 0 aromatic rings. The number of hydrogen-bond acceptors (Lipinski definition) is 8. The van der Waals surface area contributed by atoms with Gasteiger partial charge < -0.3 is 40.4 Å². The molecule has 0 saturated carbocycles. The molecule has 27 heavy (non-hydrogen) atoms. The molecule has 0 aliphatic carbocycles. The Bertz CT molecular complexity index is 372. The summed E-state index contributed by atoms with van der Waals surface area (Å²) in [5, 5.41) is 46.3. The molecule has 10 nitrogen and oxygen atoms in total. The average molecular weight is 420 g/mol. The van der Waals surface area contributed by atoms with Crippen molar-refractivity contribution in [2.24, 2.45) is 5.92 Å². The van der Waals surface area contributed by atoms with Crippen LogP contribution in [0, 0.1) is 5.92 Å². The average Bonchev–Trinajstić information content (AvgIpc) is 2.45. The third-order valence-corrected chi connectivity index (χ3v) is 4.15. The fourth-order valence-electron chi connectivity index (χ4n) is 2.08. The van der Waals surface area contributed by atoms with Crippen molar-refractivity contribution in [3.8, 4) is 0 Å². The summed E-state index contributed by atoms with van der Waals surface area (Å²) in [4.78, 5) is 17.0. The topological polar surface area (TPSA) is 188 Å². The predicted molar refractivity (Wildman–Crippen MR) is 97.8 cm³/mol. The Morgan fingerprint density at radius 1 is 0.704 bits per heavy atom. The molecule has 0 unspecified atom stereocenters. The van der Waals surface area contributed by atoms with Crippen LogP contribution >= 0.6 is 7.82 Å². The van der Waals surface area contributed by atoms with Crippen LogP contribution in [-0.2, 0) is 9.09 Å². The summed E-state index contributed by atoms with van der Waals surface area (Å²) < 4.78 is 14.8. The maximum atomic E-state index is 10.4. The Kier molecular flexibility index (Phi) is 15.9. The first-order chi connectivity index (χ1) is 12.2. The summed E-state index contributed by atoms with van der Waals surface area (Å²) in [6, 6.07) is 0. The summed E-state index contributed by atoms with van der Waals surface area (Å²) in [6.45, 7) is 4.71. The molecule has 0 aromatic carbocycles. The fourth-order valence-corrected chi connectivity index (χ4v) is 2.44. The summed E-state index contributed by atoms with van der Waals surface area (Å²) in [6.07, 6.45) is 12.1. The number of aliphatic hydroxyl groups is 6. The molecule has 0 atom stereocenters. The third kappa shape index (κ3) is 23.8. The summed E-state index contributed by atoms with van der Waals surface area (Å²) in [7, 11) is -4.25. The van der Waals surface area contributed by atoms with E-state index in [9.17, 15) is 4.57 Å². The minimum atomic E-state index is -4.25. The molecular formula is C16H37O10P. The van der Waals surface area contributed by atoms with Crippen molar-refractivity contribution in [3.63, 3.8) is 0 Å². The van der Waals surface area contributed by atoms with E-state index in [0.29, 0.717) is 0 Å². The van der Waals surface area contributed by atoms with Crippen LogP contribution in [0.2, 0.25) is 0 Å². The molecule has 0 rings (SSSR count).